The van der Waals surface area contributed by atoms with Crippen LogP contribution < -0.4 is 0 Å². The third kappa shape index (κ3) is 2.71. The van der Waals surface area contributed by atoms with Gasteiger partial charge in [-0.2, -0.15) is 9.40 Å². The minimum absolute atomic E-state index is 0.253. The van der Waals surface area contributed by atoms with E-state index in [0.717, 1.165) is 12.8 Å². The summed E-state index contributed by atoms with van der Waals surface area (Å²) in [6.45, 7) is 3.30. The van der Waals surface area contributed by atoms with Crippen LogP contribution in [0.2, 0.25) is 0 Å². The van der Waals surface area contributed by atoms with Gasteiger partial charge in [0.15, 0.2) is 0 Å². The van der Waals surface area contributed by atoms with Crippen LogP contribution in [0.5, 0.6) is 0 Å². The van der Waals surface area contributed by atoms with E-state index in [4.69, 9.17) is 0 Å². The first-order chi connectivity index (χ1) is 8.01. The molecule has 5 nitrogen and oxygen atoms in total. The van der Waals surface area contributed by atoms with Gasteiger partial charge in [0, 0.05) is 24.1 Å². The van der Waals surface area contributed by atoms with E-state index >= 15 is 0 Å². The summed E-state index contributed by atoms with van der Waals surface area (Å²) in [5.41, 5.74) is 0. The normalized spacial score (nSPS) is 21.5. The van der Waals surface area contributed by atoms with E-state index in [1.54, 1.807) is 4.31 Å². The van der Waals surface area contributed by atoms with Crippen LogP contribution in [0.1, 0.15) is 19.8 Å². The Kier molecular flexibility index (Phi) is 3.89. The molecule has 1 aromatic heterocycles. The van der Waals surface area contributed by atoms with Crippen molar-refractivity contribution in [3.63, 3.8) is 0 Å². The van der Waals surface area contributed by atoms with Gasteiger partial charge in [0.05, 0.1) is 6.20 Å². The minimum Gasteiger partial charge on any atom is -0.284 e. The molecule has 1 N–H and O–H groups in total. The van der Waals surface area contributed by atoms with Crippen molar-refractivity contribution >= 4 is 26.0 Å². The topological polar surface area (TPSA) is 66.1 Å². The average molecular weight is 322 g/mol. The molecule has 1 fully saturated rings. The van der Waals surface area contributed by atoms with Crippen LogP contribution in [0.25, 0.3) is 0 Å². The number of rotatable bonds is 3. The summed E-state index contributed by atoms with van der Waals surface area (Å²) in [6.07, 6.45) is 4.59. The van der Waals surface area contributed by atoms with E-state index in [-0.39, 0.29) is 4.90 Å². The standard InChI is InChI=1S/C10H16BrN3O2S/c1-8(11)9-2-4-14(5-3-9)17(15,16)10-6-12-13-7-10/h6-9H,2-5H2,1H3,(H,12,13). The molecule has 2 heterocycles. The molecule has 96 valence electrons. The van der Waals surface area contributed by atoms with Gasteiger partial charge in [0.25, 0.3) is 0 Å². The third-order valence-corrected chi connectivity index (χ3v) is 5.87. The van der Waals surface area contributed by atoms with Crippen molar-refractivity contribution in [2.24, 2.45) is 5.92 Å². The summed E-state index contributed by atoms with van der Waals surface area (Å²) in [5.74, 6) is 0.561. The highest BCUT2D eigenvalue weighted by molar-refractivity contribution is 9.09. The van der Waals surface area contributed by atoms with Crippen molar-refractivity contribution in [1.29, 1.82) is 0 Å². The van der Waals surface area contributed by atoms with Gasteiger partial charge < -0.3 is 0 Å². The Morgan fingerprint density at radius 2 is 2.18 bits per heavy atom. The highest BCUT2D eigenvalue weighted by Gasteiger charge is 2.31. The molecule has 1 unspecified atom stereocenters. The number of sulfonamides is 1. The fraction of sp³-hybridized carbons (Fsp3) is 0.700. The Balaban J connectivity index is 2.07. The number of nitrogens with one attached hydrogen (secondary N) is 1. The van der Waals surface area contributed by atoms with Crippen LogP contribution in [-0.2, 0) is 10.0 Å². The first-order valence-corrected chi connectivity index (χ1v) is 8.00. The van der Waals surface area contributed by atoms with Gasteiger partial charge in [0.2, 0.25) is 10.0 Å². The molecule has 0 saturated carbocycles. The van der Waals surface area contributed by atoms with Gasteiger partial charge >= 0.3 is 0 Å². The molecule has 1 aliphatic heterocycles. The van der Waals surface area contributed by atoms with Crippen molar-refractivity contribution in [2.45, 2.75) is 29.5 Å². The van der Waals surface area contributed by atoms with E-state index in [1.807, 2.05) is 0 Å². The van der Waals surface area contributed by atoms with Crippen molar-refractivity contribution in [3.05, 3.63) is 12.4 Å². The Labute approximate surface area is 110 Å². The summed E-state index contributed by atoms with van der Waals surface area (Å²) < 4.78 is 25.9. The van der Waals surface area contributed by atoms with Gasteiger partial charge in [-0.05, 0) is 18.8 Å². The molecule has 7 heteroatoms. The number of hydrogen-bond donors (Lipinski definition) is 1. The zero-order chi connectivity index (χ0) is 12.5. The second-order valence-electron chi connectivity index (χ2n) is 4.35. The number of hydrogen-bond acceptors (Lipinski definition) is 3. The largest absolute Gasteiger partial charge is 0.284 e. The van der Waals surface area contributed by atoms with Gasteiger partial charge in [-0.3, -0.25) is 5.10 Å². The predicted octanol–water partition coefficient (Wildman–Crippen LogP) is 1.59. The maximum absolute atomic E-state index is 12.2. The molecular weight excluding hydrogens is 306 g/mol. The van der Waals surface area contributed by atoms with E-state index in [2.05, 4.69) is 33.1 Å². The van der Waals surface area contributed by atoms with Crippen LogP contribution in [0, 0.1) is 5.92 Å². The van der Waals surface area contributed by atoms with Crippen LogP contribution in [0.3, 0.4) is 0 Å². The van der Waals surface area contributed by atoms with Crippen LogP contribution >= 0.6 is 15.9 Å². The van der Waals surface area contributed by atoms with Crippen molar-refractivity contribution in [2.75, 3.05) is 13.1 Å². The maximum Gasteiger partial charge on any atom is 0.246 e. The molecule has 1 atom stereocenters. The zero-order valence-electron chi connectivity index (χ0n) is 9.63. The van der Waals surface area contributed by atoms with Crippen LogP contribution in [-0.4, -0.2) is 40.8 Å². The second-order valence-corrected chi connectivity index (χ2v) is 7.74. The molecule has 17 heavy (non-hydrogen) atoms. The van der Waals surface area contributed by atoms with Gasteiger partial charge in [-0.1, -0.05) is 22.9 Å². The number of aromatic amines is 1. The van der Waals surface area contributed by atoms with Crippen molar-refractivity contribution in [3.8, 4) is 0 Å². The predicted molar refractivity (Wildman–Crippen MR) is 68.5 cm³/mol. The lowest BCUT2D eigenvalue weighted by Gasteiger charge is -2.32. The van der Waals surface area contributed by atoms with E-state index in [1.165, 1.54) is 12.4 Å². The number of aromatic nitrogens is 2. The molecule has 0 spiro atoms. The lowest BCUT2D eigenvalue weighted by molar-refractivity contribution is 0.275. The second kappa shape index (κ2) is 5.07. The Morgan fingerprint density at radius 1 is 1.53 bits per heavy atom. The molecule has 0 aromatic carbocycles. The zero-order valence-corrected chi connectivity index (χ0v) is 12.0. The Morgan fingerprint density at radius 3 is 2.65 bits per heavy atom. The van der Waals surface area contributed by atoms with Crippen LogP contribution in [0.15, 0.2) is 17.3 Å². The molecule has 1 saturated heterocycles. The van der Waals surface area contributed by atoms with Gasteiger partial charge in [0.1, 0.15) is 4.90 Å². The maximum atomic E-state index is 12.2. The van der Waals surface area contributed by atoms with Gasteiger partial charge in [-0.15, -0.1) is 0 Å². The summed E-state index contributed by atoms with van der Waals surface area (Å²) >= 11 is 3.56. The summed E-state index contributed by atoms with van der Waals surface area (Å²) in [6, 6.07) is 0. The fourth-order valence-corrected chi connectivity index (χ4v) is 4.01. The molecule has 1 aliphatic rings. The summed E-state index contributed by atoms with van der Waals surface area (Å²) in [4.78, 5) is 0.698. The molecule has 1 aromatic rings. The number of alkyl halides is 1. The molecular formula is C10H16BrN3O2S. The summed E-state index contributed by atoms with van der Waals surface area (Å²) in [5, 5.41) is 6.23. The van der Waals surface area contributed by atoms with Crippen LogP contribution in [0.4, 0.5) is 0 Å². The summed E-state index contributed by atoms with van der Waals surface area (Å²) in [7, 11) is -3.34. The molecule has 2 rings (SSSR count). The number of piperidine rings is 1. The lowest BCUT2D eigenvalue weighted by atomic mass is 9.96. The first-order valence-electron chi connectivity index (χ1n) is 5.65. The highest BCUT2D eigenvalue weighted by atomic mass is 79.9. The lowest BCUT2D eigenvalue weighted by Crippen LogP contribution is -2.39. The highest BCUT2D eigenvalue weighted by Crippen LogP contribution is 2.27. The fourth-order valence-electron chi connectivity index (χ4n) is 2.10. The molecule has 0 aliphatic carbocycles. The number of halogens is 1. The van der Waals surface area contributed by atoms with Crippen molar-refractivity contribution in [1.82, 2.24) is 14.5 Å². The first kappa shape index (κ1) is 13.0. The third-order valence-electron chi connectivity index (χ3n) is 3.26. The molecule has 0 bridgehead atoms. The molecule has 0 amide bonds. The molecule has 0 radical (unpaired) electrons. The number of H-pyrrole nitrogens is 1. The van der Waals surface area contributed by atoms with Gasteiger partial charge in [-0.25, -0.2) is 8.42 Å². The van der Waals surface area contributed by atoms with E-state index < -0.39 is 10.0 Å². The van der Waals surface area contributed by atoms with Crippen molar-refractivity contribution < 1.29 is 8.42 Å². The Hall–Kier alpha value is -0.400. The average Bonchev–Trinajstić information content (AvgIpc) is 2.83. The minimum atomic E-state index is -3.34. The van der Waals surface area contributed by atoms with E-state index in [0.29, 0.717) is 23.8 Å². The number of nitrogens with zero attached hydrogens (tertiary/aromatic N) is 2. The smallest absolute Gasteiger partial charge is 0.246 e. The monoisotopic (exact) mass is 321 g/mol. The Bertz CT molecular complexity index is 450. The quantitative estimate of drug-likeness (QED) is 0.860. The van der Waals surface area contributed by atoms with E-state index in [9.17, 15) is 8.42 Å². The SMILES string of the molecule is CC(Br)C1CCN(S(=O)(=O)c2cn[nH]c2)CC1.